The third-order valence-corrected chi connectivity index (χ3v) is 2.89. The molecule has 96 valence electrons. The predicted octanol–water partition coefficient (Wildman–Crippen LogP) is 3.33. The Hall–Kier alpha value is -1.75. The Kier molecular flexibility index (Phi) is 3.43. The lowest BCUT2D eigenvalue weighted by molar-refractivity contribution is 0.629. The van der Waals surface area contributed by atoms with Gasteiger partial charge < -0.3 is 11.1 Å². The van der Waals surface area contributed by atoms with Crippen LogP contribution in [0.25, 0.3) is 0 Å². The fourth-order valence-electron chi connectivity index (χ4n) is 1.67. The van der Waals surface area contributed by atoms with Gasteiger partial charge in [0.05, 0.1) is 17.1 Å². The summed E-state index contributed by atoms with van der Waals surface area (Å²) >= 11 is 5.70. The second-order valence-electron chi connectivity index (χ2n) is 3.91. The van der Waals surface area contributed by atoms with Gasteiger partial charge in [-0.25, -0.2) is 9.07 Å². The first kappa shape index (κ1) is 12.7. The van der Waals surface area contributed by atoms with Gasteiger partial charge in [0.1, 0.15) is 5.82 Å². The number of benzene rings is 1. The fourth-order valence-corrected chi connectivity index (χ4v) is 1.83. The van der Waals surface area contributed by atoms with E-state index in [1.165, 1.54) is 6.07 Å². The predicted molar refractivity (Wildman–Crippen MR) is 71.7 cm³/mol. The number of nitrogens with two attached hydrogens (primary N) is 1. The van der Waals surface area contributed by atoms with E-state index >= 15 is 0 Å². The van der Waals surface area contributed by atoms with Crippen molar-refractivity contribution in [1.82, 2.24) is 9.78 Å². The Morgan fingerprint density at radius 2 is 2.22 bits per heavy atom. The Balaban J connectivity index is 2.39. The maximum atomic E-state index is 13.7. The maximum absolute atomic E-state index is 13.7. The normalized spacial score (nSPS) is 10.7. The molecule has 2 aromatic rings. The number of hydrogen-bond acceptors (Lipinski definition) is 3. The molecule has 1 aromatic heterocycles. The van der Waals surface area contributed by atoms with Gasteiger partial charge in [0, 0.05) is 11.6 Å². The number of aromatic nitrogens is 2. The SMILES string of the molecule is CCn1nc(C)c(N)c1Nc1ccc(Cl)cc1F. The van der Waals surface area contributed by atoms with Gasteiger partial charge in [0.15, 0.2) is 5.82 Å². The van der Waals surface area contributed by atoms with Gasteiger partial charge in [-0.1, -0.05) is 11.6 Å². The monoisotopic (exact) mass is 268 g/mol. The number of aryl methyl sites for hydroxylation is 2. The minimum Gasteiger partial charge on any atom is -0.394 e. The van der Waals surface area contributed by atoms with Crippen LogP contribution in [0, 0.1) is 12.7 Å². The summed E-state index contributed by atoms with van der Waals surface area (Å²) in [6, 6.07) is 4.43. The first-order valence-corrected chi connectivity index (χ1v) is 5.95. The molecule has 0 amide bonds. The Morgan fingerprint density at radius 3 is 2.83 bits per heavy atom. The van der Waals surface area contributed by atoms with Crippen LogP contribution in [0.3, 0.4) is 0 Å². The highest BCUT2D eigenvalue weighted by molar-refractivity contribution is 6.30. The van der Waals surface area contributed by atoms with Crippen LogP contribution in [-0.4, -0.2) is 9.78 Å². The molecule has 0 aliphatic carbocycles. The number of anilines is 3. The highest BCUT2D eigenvalue weighted by Gasteiger charge is 2.13. The molecule has 3 N–H and O–H groups in total. The summed E-state index contributed by atoms with van der Waals surface area (Å²) < 4.78 is 15.4. The van der Waals surface area contributed by atoms with Gasteiger partial charge >= 0.3 is 0 Å². The topological polar surface area (TPSA) is 55.9 Å². The van der Waals surface area contributed by atoms with Crippen molar-refractivity contribution < 1.29 is 4.39 Å². The lowest BCUT2D eigenvalue weighted by Crippen LogP contribution is -2.05. The lowest BCUT2D eigenvalue weighted by atomic mass is 10.3. The van der Waals surface area contributed by atoms with E-state index in [1.54, 1.807) is 16.8 Å². The Labute approximate surface area is 110 Å². The lowest BCUT2D eigenvalue weighted by Gasteiger charge is -2.10. The first-order chi connectivity index (χ1) is 8.52. The molecule has 0 aliphatic heterocycles. The summed E-state index contributed by atoms with van der Waals surface area (Å²) in [5.41, 5.74) is 7.47. The summed E-state index contributed by atoms with van der Waals surface area (Å²) in [7, 11) is 0. The molecule has 0 saturated carbocycles. The average molecular weight is 269 g/mol. The number of nitrogens with one attached hydrogen (secondary N) is 1. The fraction of sp³-hybridized carbons (Fsp3) is 0.250. The van der Waals surface area contributed by atoms with Gasteiger partial charge in [-0.3, -0.25) is 0 Å². The number of nitrogens with zero attached hydrogens (tertiary/aromatic N) is 2. The highest BCUT2D eigenvalue weighted by Crippen LogP contribution is 2.28. The Morgan fingerprint density at radius 1 is 1.50 bits per heavy atom. The maximum Gasteiger partial charge on any atom is 0.152 e. The van der Waals surface area contributed by atoms with Crippen molar-refractivity contribution in [1.29, 1.82) is 0 Å². The van der Waals surface area contributed by atoms with E-state index in [1.807, 2.05) is 13.8 Å². The van der Waals surface area contributed by atoms with Gasteiger partial charge in [-0.2, -0.15) is 5.10 Å². The standard InChI is InChI=1S/C12H14ClFN4/c1-3-18-12(11(15)7(2)17-18)16-10-5-4-8(13)6-9(10)14/h4-6,16H,3,15H2,1-2H3. The summed E-state index contributed by atoms with van der Waals surface area (Å²) in [5, 5.41) is 7.56. The number of hydrogen-bond donors (Lipinski definition) is 2. The van der Waals surface area contributed by atoms with Crippen molar-refractivity contribution >= 4 is 28.8 Å². The molecule has 2 rings (SSSR count). The Bertz CT molecular complexity index is 580. The molecule has 0 radical (unpaired) electrons. The van der Waals surface area contributed by atoms with Gasteiger partial charge in [-0.15, -0.1) is 0 Å². The van der Waals surface area contributed by atoms with E-state index in [-0.39, 0.29) is 0 Å². The van der Waals surface area contributed by atoms with E-state index in [4.69, 9.17) is 17.3 Å². The molecular weight excluding hydrogens is 255 g/mol. The largest absolute Gasteiger partial charge is 0.394 e. The summed E-state index contributed by atoms with van der Waals surface area (Å²) in [4.78, 5) is 0. The third-order valence-electron chi connectivity index (χ3n) is 2.66. The smallest absolute Gasteiger partial charge is 0.152 e. The summed E-state index contributed by atoms with van der Waals surface area (Å²) in [6.45, 7) is 4.40. The quantitative estimate of drug-likeness (QED) is 0.898. The van der Waals surface area contributed by atoms with Crippen LogP contribution in [-0.2, 0) is 6.54 Å². The molecule has 1 heterocycles. The molecule has 0 spiro atoms. The van der Waals surface area contributed by atoms with Crippen LogP contribution < -0.4 is 11.1 Å². The zero-order valence-electron chi connectivity index (χ0n) is 10.2. The van der Waals surface area contributed by atoms with E-state index in [0.717, 1.165) is 0 Å². The minimum atomic E-state index is -0.427. The van der Waals surface area contributed by atoms with Crippen molar-refractivity contribution in [2.45, 2.75) is 20.4 Å². The molecule has 0 atom stereocenters. The molecule has 0 saturated heterocycles. The van der Waals surface area contributed by atoms with Crippen molar-refractivity contribution in [2.24, 2.45) is 0 Å². The van der Waals surface area contributed by atoms with E-state index in [2.05, 4.69) is 10.4 Å². The van der Waals surface area contributed by atoms with Crippen molar-refractivity contribution in [3.8, 4) is 0 Å². The molecule has 0 aliphatic rings. The minimum absolute atomic E-state index is 0.320. The van der Waals surface area contributed by atoms with Gasteiger partial charge in [-0.05, 0) is 32.0 Å². The van der Waals surface area contributed by atoms with Crippen LogP contribution in [0.2, 0.25) is 5.02 Å². The van der Waals surface area contributed by atoms with Crippen molar-refractivity contribution in [2.75, 3.05) is 11.1 Å². The molecule has 0 bridgehead atoms. The third kappa shape index (κ3) is 2.26. The number of halogens is 2. The number of rotatable bonds is 3. The van der Waals surface area contributed by atoms with E-state index < -0.39 is 5.82 Å². The molecule has 6 heteroatoms. The summed E-state index contributed by atoms with van der Waals surface area (Å²) in [6.07, 6.45) is 0. The van der Waals surface area contributed by atoms with Crippen LogP contribution in [0.1, 0.15) is 12.6 Å². The van der Waals surface area contributed by atoms with Crippen molar-refractivity contribution in [3.05, 3.63) is 34.7 Å². The van der Waals surface area contributed by atoms with Crippen LogP contribution in [0.5, 0.6) is 0 Å². The molecule has 0 fully saturated rings. The van der Waals surface area contributed by atoms with Gasteiger partial charge in [0.25, 0.3) is 0 Å². The molecule has 0 unspecified atom stereocenters. The average Bonchev–Trinajstić information content (AvgIpc) is 2.60. The highest BCUT2D eigenvalue weighted by atomic mass is 35.5. The van der Waals surface area contributed by atoms with Crippen molar-refractivity contribution in [3.63, 3.8) is 0 Å². The molecule has 1 aromatic carbocycles. The summed E-state index contributed by atoms with van der Waals surface area (Å²) in [5.74, 6) is 0.166. The van der Waals surface area contributed by atoms with E-state index in [0.29, 0.717) is 34.5 Å². The second kappa shape index (κ2) is 4.86. The molecular formula is C12H14ClFN4. The molecule has 4 nitrogen and oxygen atoms in total. The van der Waals surface area contributed by atoms with Gasteiger partial charge in [0.2, 0.25) is 0 Å². The zero-order valence-corrected chi connectivity index (χ0v) is 10.9. The zero-order chi connectivity index (χ0) is 13.3. The second-order valence-corrected chi connectivity index (χ2v) is 4.35. The van der Waals surface area contributed by atoms with Crippen LogP contribution in [0.4, 0.5) is 21.6 Å². The van der Waals surface area contributed by atoms with E-state index in [9.17, 15) is 4.39 Å². The van der Waals surface area contributed by atoms with Crippen LogP contribution >= 0.6 is 11.6 Å². The molecule has 18 heavy (non-hydrogen) atoms. The number of nitrogen functional groups attached to an aromatic ring is 1. The van der Waals surface area contributed by atoms with Crippen LogP contribution in [0.15, 0.2) is 18.2 Å². The first-order valence-electron chi connectivity index (χ1n) is 5.58.